The van der Waals surface area contributed by atoms with Gasteiger partial charge in [-0.2, -0.15) is 10.2 Å². The minimum atomic E-state index is -0.399. The third kappa shape index (κ3) is 3.03. The standard InChI is InChI=1S/C19H14FN7OS/c1-26-16(21-11-23-26)10-28-19-17(15-7-4-8-29-15)14-9-22-24-18(27(14)25-19)12-5-2-3-6-13(12)20/h2-9,11H,10H2,1H3. The van der Waals surface area contributed by atoms with Gasteiger partial charge in [0, 0.05) is 11.9 Å². The van der Waals surface area contributed by atoms with E-state index in [2.05, 4.69) is 25.4 Å². The molecular weight excluding hydrogens is 393 g/mol. The van der Waals surface area contributed by atoms with Crippen LogP contribution in [0.25, 0.3) is 27.3 Å². The Morgan fingerprint density at radius 1 is 1.17 bits per heavy atom. The van der Waals surface area contributed by atoms with Gasteiger partial charge >= 0.3 is 0 Å². The van der Waals surface area contributed by atoms with E-state index < -0.39 is 5.82 Å². The smallest absolute Gasteiger partial charge is 0.243 e. The molecule has 1 aromatic carbocycles. The number of thiophene rings is 1. The zero-order valence-electron chi connectivity index (χ0n) is 15.2. The number of hydrogen-bond donors (Lipinski definition) is 0. The van der Waals surface area contributed by atoms with E-state index >= 15 is 0 Å². The Morgan fingerprint density at radius 3 is 2.83 bits per heavy atom. The van der Waals surface area contributed by atoms with Gasteiger partial charge in [-0.3, -0.25) is 4.68 Å². The quantitative estimate of drug-likeness (QED) is 0.444. The first-order chi connectivity index (χ1) is 14.2. The topological polar surface area (TPSA) is 83.0 Å². The highest BCUT2D eigenvalue weighted by Gasteiger charge is 2.22. The van der Waals surface area contributed by atoms with Crippen LogP contribution in [-0.4, -0.2) is 34.6 Å². The van der Waals surface area contributed by atoms with Crippen LogP contribution in [-0.2, 0) is 13.7 Å². The van der Waals surface area contributed by atoms with E-state index in [1.807, 2.05) is 17.5 Å². The molecule has 5 aromatic rings. The molecule has 0 aliphatic rings. The highest BCUT2D eigenvalue weighted by molar-refractivity contribution is 7.13. The SMILES string of the molecule is Cn1ncnc1COc1nn2c(-c3ccccc3F)nncc2c1-c1cccs1. The Labute approximate surface area is 168 Å². The summed E-state index contributed by atoms with van der Waals surface area (Å²) < 4.78 is 23.6. The molecule has 8 nitrogen and oxygen atoms in total. The summed E-state index contributed by atoms with van der Waals surface area (Å²) in [6.07, 6.45) is 3.06. The molecule has 29 heavy (non-hydrogen) atoms. The van der Waals surface area contributed by atoms with Crippen molar-refractivity contribution in [2.75, 3.05) is 0 Å². The maximum absolute atomic E-state index is 14.4. The number of fused-ring (bicyclic) bond motifs is 1. The van der Waals surface area contributed by atoms with Gasteiger partial charge in [-0.15, -0.1) is 21.5 Å². The van der Waals surface area contributed by atoms with Gasteiger partial charge in [0.15, 0.2) is 11.6 Å². The maximum atomic E-state index is 14.4. The molecule has 0 fully saturated rings. The van der Waals surface area contributed by atoms with Gasteiger partial charge in [-0.25, -0.2) is 13.9 Å². The number of nitrogens with zero attached hydrogens (tertiary/aromatic N) is 7. The van der Waals surface area contributed by atoms with Crippen LogP contribution in [0, 0.1) is 5.82 Å². The van der Waals surface area contributed by atoms with Gasteiger partial charge in [-0.05, 0) is 23.6 Å². The number of rotatable bonds is 5. The molecule has 0 spiro atoms. The third-order valence-electron chi connectivity index (χ3n) is 4.45. The first kappa shape index (κ1) is 17.4. The summed E-state index contributed by atoms with van der Waals surface area (Å²) in [6, 6.07) is 10.3. The highest BCUT2D eigenvalue weighted by Crippen LogP contribution is 2.38. The van der Waals surface area contributed by atoms with Crippen LogP contribution < -0.4 is 4.74 Å². The molecule has 4 heterocycles. The van der Waals surface area contributed by atoms with E-state index in [1.54, 1.807) is 52.0 Å². The minimum Gasteiger partial charge on any atom is -0.468 e. The van der Waals surface area contributed by atoms with Crippen molar-refractivity contribution in [2.45, 2.75) is 6.61 Å². The van der Waals surface area contributed by atoms with Crippen LogP contribution in [0.3, 0.4) is 0 Å². The fourth-order valence-electron chi connectivity index (χ4n) is 3.02. The lowest BCUT2D eigenvalue weighted by Crippen LogP contribution is -2.05. The van der Waals surface area contributed by atoms with Crippen LogP contribution in [0.15, 0.2) is 54.3 Å². The van der Waals surface area contributed by atoms with Crippen LogP contribution in [0.4, 0.5) is 4.39 Å². The molecule has 144 valence electrons. The predicted octanol–water partition coefficient (Wildman–Crippen LogP) is 3.37. The molecule has 0 aliphatic carbocycles. The first-order valence-electron chi connectivity index (χ1n) is 8.71. The predicted molar refractivity (Wildman–Crippen MR) is 105 cm³/mol. The number of hydrogen-bond acceptors (Lipinski definition) is 7. The van der Waals surface area contributed by atoms with Crippen molar-refractivity contribution in [3.8, 4) is 27.7 Å². The van der Waals surface area contributed by atoms with Crippen molar-refractivity contribution >= 4 is 16.9 Å². The summed E-state index contributed by atoms with van der Waals surface area (Å²) in [6.45, 7) is 0.189. The lowest BCUT2D eigenvalue weighted by molar-refractivity contribution is 0.278. The van der Waals surface area contributed by atoms with Crippen molar-refractivity contribution in [3.63, 3.8) is 0 Å². The molecule has 0 amide bonds. The summed E-state index contributed by atoms with van der Waals surface area (Å²) >= 11 is 1.55. The minimum absolute atomic E-state index is 0.189. The zero-order valence-corrected chi connectivity index (χ0v) is 16.0. The van der Waals surface area contributed by atoms with Gasteiger partial charge in [-0.1, -0.05) is 18.2 Å². The average molecular weight is 407 g/mol. The molecule has 5 rings (SSSR count). The summed E-state index contributed by atoms with van der Waals surface area (Å²) in [4.78, 5) is 5.13. The molecule has 0 saturated carbocycles. The van der Waals surface area contributed by atoms with E-state index in [0.29, 0.717) is 28.6 Å². The van der Waals surface area contributed by atoms with Gasteiger partial charge in [0.1, 0.15) is 24.3 Å². The molecule has 0 radical (unpaired) electrons. The number of halogens is 1. The lowest BCUT2D eigenvalue weighted by Gasteiger charge is -2.04. The van der Waals surface area contributed by atoms with E-state index in [4.69, 9.17) is 4.74 Å². The van der Waals surface area contributed by atoms with Gasteiger partial charge in [0.05, 0.1) is 17.3 Å². The van der Waals surface area contributed by atoms with Crippen LogP contribution in [0.5, 0.6) is 5.88 Å². The van der Waals surface area contributed by atoms with Crippen LogP contribution in [0.1, 0.15) is 5.82 Å². The first-order valence-corrected chi connectivity index (χ1v) is 9.59. The van der Waals surface area contributed by atoms with E-state index in [0.717, 1.165) is 10.4 Å². The second kappa shape index (κ2) is 7.06. The van der Waals surface area contributed by atoms with Crippen LogP contribution in [0.2, 0.25) is 0 Å². The highest BCUT2D eigenvalue weighted by atomic mass is 32.1. The fraction of sp³-hybridized carbons (Fsp3) is 0.105. The second-order valence-electron chi connectivity index (χ2n) is 6.19. The molecule has 0 aliphatic heterocycles. The Morgan fingerprint density at radius 2 is 2.07 bits per heavy atom. The van der Waals surface area contributed by atoms with Crippen LogP contribution >= 0.6 is 11.3 Å². The van der Waals surface area contributed by atoms with Crippen molar-refractivity contribution in [1.29, 1.82) is 0 Å². The second-order valence-corrected chi connectivity index (χ2v) is 7.14. The fourth-order valence-corrected chi connectivity index (χ4v) is 3.79. The van der Waals surface area contributed by atoms with E-state index in [9.17, 15) is 4.39 Å². The average Bonchev–Trinajstić information content (AvgIpc) is 3.46. The van der Waals surface area contributed by atoms with E-state index in [1.165, 1.54) is 12.4 Å². The number of aryl methyl sites for hydroxylation is 1. The maximum Gasteiger partial charge on any atom is 0.243 e. The van der Waals surface area contributed by atoms with Gasteiger partial charge in [0.25, 0.3) is 0 Å². The summed E-state index contributed by atoms with van der Waals surface area (Å²) in [5, 5.41) is 18.8. The third-order valence-corrected chi connectivity index (χ3v) is 5.33. The lowest BCUT2D eigenvalue weighted by atomic mass is 10.2. The Hall–Kier alpha value is -3.66. The number of ether oxygens (including phenoxy) is 1. The van der Waals surface area contributed by atoms with Gasteiger partial charge in [0.2, 0.25) is 5.88 Å². The van der Waals surface area contributed by atoms with Crippen molar-refractivity contribution in [1.82, 2.24) is 34.6 Å². The van der Waals surface area contributed by atoms with Gasteiger partial charge < -0.3 is 4.74 Å². The Bertz CT molecular complexity index is 1300. The zero-order chi connectivity index (χ0) is 19.8. The van der Waals surface area contributed by atoms with Crippen molar-refractivity contribution in [2.24, 2.45) is 7.05 Å². The number of benzene rings is 1. The molecule has 0 N–H and O–H groups in total. The normalized spacial score (nSPS) is 11.2. The molecular formula is C19H14FN7OS. The summed E-state index contributed by atoms with van der Waals surface area (Å²) in [5.74, 6) is 0.948. The summed E-state index contributed by atoms with van der Waals surface area (Å²) in [5.41, 5.74) is 1.76. The monoisotopic (exact) mass is 407 g/mol. The van der Waals surface area contributed by atoms with Crippen molar-refractivity contribution in [3.05, 3.63) is 65.9 Å². The summed E-state index contributed by atoms with van der Waals surface area (Å²) in [7, 11) is 1.79. The Balaban J connectivity index is 1.68. The molecule has 0 bridgehead atoms. The molecule has 0 atom stereocenters. The molecule has 0 saturated heterocycles. The Kier molecular flexibility index (Phi) is 4.24. The molecule has 4 aromatic heterocycles. The van der Waals surface area contributed by atoms with E-state index in [-0.39, 0.29) is 6.61 Å². The molecule has 10 heteroatoms. The van der Waals surface area contributed by atoms with Crippen molar-refractivity contribution < 1.29 is 9.13 Å². The molecule has 0 unspecified atom stereocenters. The number of aromatic nitrogens is 7. The largest absolute Gasteiger partial charge is 0.468 e.